The number of sulfonamides is 1. The molecule has 0 atom stereocenters. The number of anilines is 2. The molecule has 0 radical (unpaired) electrons. The molecule has 0 aliphatic heterocycles. The summed E-state index contributed by atoms with van der Waals surface area (Å²) in [5.41, 5.74) is 2.59. The first-order valence-electron chi connectivity index (χ1n) is 8.16. The van der Waals surface area contributed by atoms with Gasteiger partial charge in [0.2, 0.25) is 16.0 Å². The number of nitrogens with zero attached hydrogens (tertiary/aromatic N) is 2. The number of aromatic nitrogens is 2. The Morgan fingerprint density at radius 3 is 2.54 bits per heavy atom. The highest BCUT2D eigenvalue weighted by atomic mass is 32.2. The number of nitrogens with one attached hydrogen (secondary N) is 2. The van der Waals surface area contributed by atoms with Gasteiger partial charge < -0.3 is 5.32 Å². The van der Waals surface area contributed by atoms with E-state index in [0.717, 1.165) is 16.9 Å². The molecule has 0 amide bonds. The van der Waals surface area contributed by atoms with E-state index in [1.54, 1.807) is 41.8 Å². The van der Waals surface area contributed by atoms with E-state index in [1.807, 2.05) is 36.7 Å². The van der Waals surface area contributed by atoms with Crippen molar-refractivity contribution < 1.29 is 8.42 Å². The molecule has 2 N–H and O–H groups in total. The van der Waals surface area contributed by atoms with Crippen molar-refractivity contribution in [1.82, 2.24) is 14.7 Å². The Labute approximate surface area is 157 Å². The Balaban J connectivity index is 1.73. The van der Waals surface area contributed by atoms with Gasteiger partial charge in [0.1, 0.15) is 0 Å². The van der Waals surface area contributed by atoms with Crippen LogP contribution in [0.1, 0.15) is 13.8 Å². The first kappa shape index (κ1) is 18.5. The van der Waals surface area contributed by atoms with E-state index in [1.165, 1.54) is 0 Å². The monoisotopic (exact) mass is 388 g/mol. The fourth-order valence-electron chi connectivity index (χ4n) is 2.20. The van der Waals surface area contributed by atoms with Gasteiger partial charge in [-0.1, -0.05) is 13.8 Å². The maximum absolute atomic E-state index is 12.2. The molecule has 3 rings (SSSR count). The number of rotatable bonds is 7. The van der Waals surface area contributed by atoms with E-state index in [0.29, 0.717) is 12.5 Å². The van der Waals surface area contributed by atoms with Gasteiger partial charge in [0, 0.05) is 29.4 Å². The second kappa shape index (κ2) is 7.94. The van der Waals surface area contributed by atoms with Crippen molar-refractivity contribution in [1.29, 1.82) is 0 Å². The number of hydrogen-bond donors (Lipinski definition) is 2. The average molecular weight is 389 g/mol. The lowest BCUT2D eigenvalue weighted by Gasteiger charge is -2.10. The molecule has 0 saturated carbocycles. The summed E-state index contributed by atoms with van der Waals surface area (Å²) in [4.78, 5) is 8.93. The van der Waals surface area contributed by atoms with Crippen molar-refractivity contribution in [2.24, 2.45) is 5.92 Å². The molecule has 6 nitrogen and oxygen atoms in total. The molecule has 3 aromatic rings. The van der Waals surface area contributed by atoms with Gasteiger partial charge in [0.05, 0.1) is 10.6 Å². The van der Waals surface area contributed by atoms with Crippen molar-refractivity contribution in [3.05, 3.63) is 53.4 Å². The minimum absolute atomic E-state index is 0.233. The third kappa shape index (κ3) is 4.66. The van der Waals surface area contributed by atoms with Crippen molar-refractivity contribution in [2.75, 3.05) is 11.9 Å². The van der Waals surface area contributed by atoms with Gasteiger partial charge in [-0.15, -0.1) is 0 Å². The average Bonchev–Trinajstić information content (AvgIpc) is 3.16. The second-order valence-electron chi connectivity index (χ2n) is 6.17. The molecule has 2 aromatic heterocycles. The molecule has 0 aliphatic rings. The summed E-state index contributed by atoms with van der Waals surface area (Å²) in [6, 6.07) is 10.4. The highest BCUT2D eigenvalue weighted by Crippen LogP contribution is 2.22. The molecule has 0 spiro atoms. The maximum atomic E-state index is 12.2. The lowest BCUT2D eigenvalue weighted by molar-refractivity contribution is 0.560. The molecular weight excluding hydrogens is 368 g/mol. The molecule has 0 fully saturated rings. The smallest absolute Gasteiger partial charge is 0.240 e. The highest BCUT2D eigenvalue weighted by molar-refractivity contribution is 7.89. The van der Waals surface area contributed by atoms with Gasteiger partial charge >= 0.3 is 0 Å². The lowest BCUT2D eigenvalue weighted by atomic mass is 10.2. The zero-order chi connectivity index (χ0) is 18.6. The number of hydrogen-bond acceptors (Lipinski definition) is 6. The summed E-state index contributed by atoms with van der Waals surface area (Å²) in [6.07, 6.45) is 1.69. The quantitative estimate of drug-likeness (QED) is 0.642. The molecule has 1 aromatic carbocycles. The van der Waals surface area contributed by atoms with Crippen LogP contribution in [0.4, 0.5) is 11.6 Å². The van der Waals surface area contributed by atoms with E-state index < -0.39 is 10.0 Å². The van der Waals surface area contributed by atoms with Crippen molar-refractivity contribution in [3.63, 3.8) is 0 Å². The van der Waals surface area contributed by atoms with Gasteiger partial charge in [0.25, 0.3) is 0 Å². The Bertz CT molecular complexity index is 953. The summed E-state index contributed by atoms with van der Waals surface area (Å²) in [7, 11) is -3.49. The number of benzene rings is 1. The highest BCUT2D eigenvalue weighted by Gasteiger charge is 2.14. The van der Waals surface area contributed by atoms with Gasteiger partial charge in [0.15, 0.2) is 0 Å². The topological polar surface area (TPSA) is 84.0 Å². The zero-order valence-electron chi connectivity index (χ0n) is 14.5. The predicted molar refractivity (Wildman–Crippen MR) is 105 cm³/mol. The normalized spacial score (nSPS) is 11.7. The Morgan fingerprint density at radius 2 is 1.88 bits per heavy atom. The Kier molecular flexibility index (Phi) is 5.65. The van der Waals surface area contributed by atoms with E-state index in [9.17, 15) is 8.42 Å². The summed E-state index contributed by atoms with van der Waals surface area (Å²) >= 11 is 1.61. The van der Waals surface area contributed by atoms with Crippen LogP contribution in [0.25, 0.3) is 11.3 Å². The molecule has 0 unspecified atom stereocenters. The van der Waals surface area contributed by atoms with E-state index in [2.05, 4.69) is 20.0 Å². The molecule has 0 aliphatic carbocycles. The summed E-state index contributed by atoms with van der Waals surface area (Å²) in [6.45, 7) is 4.32. The first-order valence-corrected chi connectivity index (χ1v) is 10.6. The predicted octanol–water partition coefficient (Wildman–Crippen LogP) is 3.88. The van der Waals surface area contributed by atoms with Crippen LogP contribution in [0.2, 0.25) is 0 Å². The second-order valence-corrected chi connectivity index (χ2v) is 8.72. The van der Waals surface area contributed by atoms with E-state index >= 15 is 0 Å². The SMILES string of the molecule is CC(C)CNS(=O)(=O)c1ccc(Nc2nccc(-c3ccsc3)n2)cc1. The van der Waals surface area contributed by atoms with Crippen molar-refractivity contribution in [2.45, 2.75) is 18.7 Å². The van der Waals surface area contributed by atoms with Crippen LogP contribution in [0, 0.1) is 5.92 Å². The fraction of sp³-hybridized carbons (Fsp3) is 0.222. The minimum atomic E-state index is -3.49. The molecule has 2 heterocycles. The third-order valence-corrected chi connectivity index (χ3v) is 5.70. The summed E-state index contributed by atoms with van der Waals surface area (Å²) in [5, 5.41) is 7.12. The summed E-state index contributed by atoms with van der Waals surface area (Å²) in [5.74, 6) is 0.709. The minimum Gasteiger partial charge on any atom is -0.324 e. The van der Waals surface area contributed by atoms with Crippen LogP contribution in [-0.2, 0) is 10.0 Å². The van der Waals surface area contributed by atoms with Crippen LogP contribution in [0.3, 0.4) is 0 Å². The lowest BCUT2D eigenvalue weighted by Crippen LogP contribution is -2.27. The Hall–Kier alpha value is -2.29. The largest absolute Gasteiger partial charge is 0.324 e. The van der Waals surface area contributed by atoms with Crippen molar-refractivity contribution in [3.8, 4) is 11.3 Å². The first-order chi connectivity index (χ1) is 12.4. The van der Waals surface area contributed by atoms with Gasteiger partial charge in [-0.2, -0.15) is 11.3 Å². The standard InChI is InChI=1S/C18H20N4O2S2/c1-13(2)11-20-26(23,24)16-5-3-15(4-6-16)21-18-19-9-7-17(22-18)14-8-10-25-12-14/h3-10,12-13,20H,11H2,1-2H3,(H,19,21,22). The summed E-state index contributed by atoms with van der Waals surface area (Å²) < 4.78 is 27.0. The molecule has 136 valence electrons. The Morgan fingerprint density at radius 1 is 1.12 bits per heavy atom. The van der Waals surface area contributed by atoms with E-state index in [-0.39, 0.29) is 10.8 Å². The van der Waals surface area contributed by atoms with Crippen LogP contribution in [-0.4, -0.2) is 24.9 Å². The molecule has 8 heteroatoms. The van der Waals surface area contributed by atoms with Gasteiger partial charge in [-0.25, -0.2) is 23.1 Å². The van der Waals surface area contributed by atoms with Crippen molar-refractivity contribution >= 4 is 33.0 Å². The molecule has 26 heavy (non-hydrogen) atoms. The molecule has 0 saturated heterocycles. The number of thiophene rings is 1. The fourth-order valence-corrected chi connectivity index (χ4v) is 4.06. The van der Waals surface area contributed by atoms with E-state index in [4.69, 9.17) is 0 Å². The van der Waals surface area contributed by atoms with Gasteiger partial charge in [-0.3, -0.25) is 0 Å². The van der Waals surface area contributed by atoms with Gasteiger partial charge in [-0.05, 0) is 47.7 Å². The van der Waals surface area contributed by atoms with Crippen LogP contribution >= 0.6 is 11.3 Å². The third-order valence-electron chi connectivity index (χ3n) is 3.57. The van der Waals surface area contributed by atoms with Crippen LogP contribution in [0.5, 0.6) is 0 Å². The molecular formula is C18H20N4O2S2. The van der Waals surface area contributed by atoms with Crippen LogP contribution < -0.4 is 10.0 Å². The van der Waals surface area contributed by atoms with Crippen LogP contribution in [0.15, 0.2) is 58.3 Å². The maximum Gasteiger partial charge on any atom is 0.240 e. The zero-order valence-corrected chi connectivity index (χ0v) is 16.1. The molecule has 0 bridgehead atoms.